The van der Waals surface area contributed by atoms with Crippen molar-refractivity contribution < 1.29 is 9.59 Å². The first-order valence-corrected chi connectivity index (χ1v) is 7.83. The van der Waals surface area contributed by atoms with Gasteiger partial charge in [0.2, 0.25) is 5.91 Å². The molecule has 24 heavy (non-hydrogen) atoms. The van der Waals surface area contributed by atoms with E-state index >= 15 is 0 Å². The van der Waals surface area contributed by atoms with Crippen molar-refractivity contribution in [3.63, 3.8) is 0 Å². The number of rotatable bonds is 4. The Morgan fingerprint density at radius 2 is 1.54 bits per heavy atom. The monoisotopic (exact) mass is 383 g/mol. The molecule has 6 heteroatoms. The van der Waals surface area contributed by atoms with Crippen molar-refractivity contribution in [1.82, 2.24) is 0 Å². The normalized spacial score (nSPS) is 10.6. The molecule has 0 aliphatic carbocycles. The molecular formula is C18H14BrN3O2. The van der Waals surface area contributed by atoms with Crippen molar-refractivity contribution >= 4 is 45.2 Å². The maximum absolute atomic E-state index is 12.2. The number of carbonyl (C=O) groups excluding carboxylic acids is 2. The molecule has 0 aliphatic heterocycles. The summed E-state index contributed by atoms with van der Waals surface area (Å²) in [6.45, 7) is 1.42. The summed E-state index contributed by atoms with van der Waals surface area (Å²) in [5.41, 5.74) is 1.92. The van der Waals surface area contributed by atoms with Gasteiger partial charge in [0.25, 0.3) is 5.91 Å². The Hall–Kier alpha value is -2.91. The zero-order valence-corrected chi connectivity index (χ0v) is 14.4. The molecule has 2 amide bonds. The number of halogens is 1. The van der Waals surface area contributed by atoms with E-state index in [2.05, 4.69) is 26.6 Å². The van der Waals surface area contributed by atoms with Crippen LogP contribution in [0.5, 0.6) is 0 Å². The van der Waals surface area contributed by atoms with Crippen LogP contribution in [0, 0.1) is 11.3 Å². The lowest BCUT2D eigenvalue weighted by Crippen LogP contribution is -2.13. The zero-order valence-electron chi connectivity index (χ0n) is 12.8. The highest BCUT2D eigenvalue weighted by molar-refractivity contribution is 9.10. The number of nitrogens with zero attached hydrogens (tertiary/aromatic N) is 1. The highest BCUT2D eigenvalue weighted by atomic mass is 79.9. The minimum atomic E-state index is -0.493. The first-order valence-electron chi connectivity index (χ1n) is 7.04. The van der Waals surface area contributed by atoms with Crippen molar-refractivity contribution in [3.8, 4) is 6.07 Å². The number of anilines is 2. The first-order chi connectivity index (χ1) is 11.5. The molecular weight excluding hydrogens is 370 g/mol. The van der Waals surface area contributed by atoms with Crippen LogP contribution < -0.4 is 10.6 Å². The molecule has 0 spiro atoms. The van der Waals surface area contributed by atoms with E-state index in [0.717, 1.165) is 10.0 Å². The third-order valence-corrected chi connectivity index (χ3v) is 3.54. The van der Waals surface area contributed by atoms with Crippen LogP contribution in [0.15, 0.2) is 58.6 Å². The topological polar surface area (TPSA) is 82.0 Å². The highest BCUT2D eigenvalue weighted by Gasteiger charge is 2.09. The van der Waals surface area contributed by atoms with Gasteiger partial charge in [-0.2, -0.15) is 5.26 Å². The SMILES string of the molecule is CC(=O)Nc1ccc(NC(=O)C(C#N)=Cc2ccc(Br)cc2)cc1. The number of hydrogen-bond acceptors (Lipinski definition) is 3. The van der Waals surface area contributed by atoms with Crippen LogP contribution in [0.1, 0.15) is 12.5 Å². The van der Waals surface area contributed by atoms with Gasteiger partial charge < -0.3 is 10.6 Å². The quantitative estimate of drug-likeness (QED) is 0.619. The van der Waals surface area contributed by atoms with Crippen LogP contribution in [-0.2, 0) is 9.59 Å². The summed E-state index contributed by atoms with van der Waals surface area (Å²) >= 11 is 3.33. The smallest absolute Gasteiger partial charge is 0.266 e. The third-order valence-electron chi connectivity index (χ3n) is 3.01. The average molecular weight is 384 g/mol. The minimum absolute atomic E-state index is 0.00302. The second-order valence-electron chi connectivity index (χ2n) is 4.93. The van der Waals surface area contributed by atoms with Crippen LogP contribution in [0.25, 0.3) is 6.08 Å². The molecule has 0 fully saturated rings. The molecule has 120 valence electrons. The molecule has 0 saturated heterocycles. The summed E-state index contributed by atoms with van der Waals surface area (Å²) in [6.07, 6.45) is 1.52. The van der Waals surface area contributed by atoms with Gasteiger partial charge in [0.1, 0.15) is 11.6 Å². The maximum Gasteiger partial charge on any atom is 0.266 e. The lowest BCUT2D eigenvalue weighted by atomic mass is 10.1. The molecule has 0 heterocycles. The lowest BCUT2D eigenvalue weighted by Gasteiger charge is -2.06. The Morgan fingerprint density at radius 3 is 2.04 bits per heavy atom. The number of hydrogen-bond donors (Lipinski definition) is 2. The van der Waals surface area contributed by atoms with Crippen LogP contribution in [0.4, 0.5) is 11.4 Å². The molecule has 0 unspecified atom stereocenters. The van der Waals surface area contributed by atoms with Crippen molar-refractivity contribution in [3.05, 3.63) is 64.1 Å². The number of carbonyl (C=O) groups is 2. The van der Waals surface area contributed by atoms with Gasteiger partial charge in [0.15, 0.2) is 0 Å². The summed E-state index contributed by atoms with van der Waals surface area (Å²) < 4.78 is 0.918. The predicted octanol–water partition coefficient (Wildman–Crippen LogP) is 3.95. The maximum atomic E-state index is 12.2. The fourth-order valence-electron chi connectivity index (χ4n) is 1.91. The van der Waals surface area contributed by atoms with E-state index in [0.29, 0.717) is 11.4 Å². The van der Waals surface area contributed by atoms with Crippen LogP contribution in [-0.4, -0.2) is 11.8 Å². The largest absolute Gasteiger partial charge is 0.326 e. The second-order valence-corrected chi connectivity index (χ2v) is 5.85. The zero-order chi connectivity index (χ0) is 17.5. The summed E-state index contributed by atoms with van der Waals surface area (Å²) in [6, 6.07) is 15.8. The van der Waals surface area contributed by atoms with E-state index in [-0.39, 0.29) is 11.5 Å². The van der Waals surface area contributed by atoms with E-state index in [1.165, 1.54) is 13.0 Å². The molecule has 2 aromatic rings. The number of nitrogens with one attached hydrogen (secondary N) is 2. The number of amides is 2. The third kappa shape index (κ3) is 5.07. The van der Waals surface area contributed by atoms with E-state index in [1.54, 1.807) is 36.4 Å². The van der Waals surface area contributed by atoms with E-state index in [9.17, 15) is 14.9 Å². The van der Waals surface area contributed by atoms with Crippen LogP contribution in [0.3, 0.4) is 0 Å². The second kappa shape index (κ2) is 8.09. The molecule has 5 nitrogen and oxygen atoms in total. The van der Waals surface area contributed by atoms with Crippen molar-refractivity contribution in [1.29, 1.82) is 5.26 Å². The molecule has 0 atom stereocenters. The van der Waals surface area contributed by atoms with E-state index in [4.69, 9.17) is 0 Å². The van der Waals surface area contributed by atoms with Gasteiger partial charge in [-0.05, 0) is 48.0 Å². The van der Waals surface area contributed by atoms with Gasteiger partial charge >= 0.3 is 0 Å². The Kier molecular flexibility index (Phi) is 5.88. The van der Waals surface area contributed by atoms with Crippen molar-refractivity contribution in [2.24, 2.45) is 0 Å². The van der Waals surface area contributed by atoms with E-state index < -0.39 is 5.91 Å². The van der Waals surface area contributed by atoms with Gasteiger partial charge in [-0.15, -0.1) is 0 Å². The number of benzene rings is 2. The van der Waals surface area contributed by atoms with Crippen molar-refractivity contribution in [2.45, 2.75) is 6.92 Å². The fourth-order valence-corrected chi connectivity index (χ4v) is 2.18. The summed E-state index contributed by atoms with van der Waals surface area (Å²) in [5.74, 6) is -0.663. The van der Waals surface area contributed by atoms with Gasteiger partial charge in [-0.1, -0.05) is 28.1 Å². The van der Waals surface area contributed by atoms with Crippen LogP contribution in [0.2, 0.25) is 0 Å². The average Bonchev–Trinajstić information content (AvgIpc) is 2.55. The standard InChI is InChI=1S/C18H14BrN3O2/c1-12(23)21-16-6-8-17(9-7-16)22-18(24)14(11-20)10-13-2-4-15(19)5-3-13/h2-10H,1H3,(H,21,23)(H,22,24). The Balaban J connectivity index is 2.10. The molecule has 2 rings (SSSR count). The molecule has 0 aromatic heterocycles. The highest BCUT2D eigenvalue weighted by Crippen LogP contribution is 2.16. The number of nitriles is 1. The summed E-state index contributed by atoms with van der Waals surface area (Å²) in [5, 5.41) is 14.5. The van der Waals surface area contributed by atoms with Crippen molar-refractivity contribution in [2.75, 3.05) is 10.6 Å². The van der Waals surface area contributed by atoms with E-state index in [1.807, 2.05) is 18.2 Å². The minimum Gasteiger partial charge on any atom is -0.326 e. The Bertz CT molecular complexity index is 819. The molecule has 0 radical (unpaired) electrons. The van der Waals surface area contributed by atoms with Gasteiger partial charge in [0.05, 0.1) is 0 Å². The summed E-state index contributed by atoms with van der Waals surface area (Å²) in [4.78, 5) is 23.2. The fraction of sp³-hybridized carbons (Fsp3) is 0.0556. The molecule has 2 N–H and O–H groups in total. The van der Waals surface area contributed by atoms with Gasteiger partial charge in [-0.3, -0.25) is 9.59 Å². The Morgan fingerprint density at radius 1 is 1.00 bits per heavy atom. The molecule has 0 saturated carbocycles. The molecule has 0 aliphatic rings. The molecule has 2 aromatic carbocycles. The van der Waals surface area contributed by atoms with Crippen LogP contribution >= 0.6 is 15.9 Å². The first kappa shape index (κ1) is 17.4. The summed E-state index contributed by atoms with van der Waals surface area (Å²) in [7, 11) is 0. The Labute approximate surface area is 148 Å². The predicted molar refractivity (Wildman–Crippen MR) is 97.1 cm³/mol. The van der Waals surface area contributed by atoms with Gasteiger partial charge in [0, 0.05) is 22.8 Å². The molecule has 0 bridgehead atoms. The van der Waals surface area contributed by atoms with Gasteiger partial charge in [-0.25, -0.2) is 0 Å². The lowest BCUT2D eigenvalue weighted by molar-refractivity contribution is -0.114.